The lowest BCUT2D eigenvalue weighted by Crippen LogP contribution is -2.54. The molecule has 1 aliphatic heterocycles. The molecule has 1 fully saturated rings. The van der Waals surface area contributed by atoms with E-state index in [4.69, 9.17) is 11.6 Å². The Balaban J connectivity index is 1.70. The van der Waals surface area contributed by atoms with Crippen molar-refractivity contribution in [2.45, 2.75) is 19.9 Å². The van der Waals surface area contributed by atoms with Gasteiger partial charge >= 0.3 is 6.03 Å². The molecule has 1 N–H and O–H groups in total. The smallest absolute Gasteiger partial charge is 0.318 e. The summed E-state index contributed by atoms with van der Waals surface area (Å²) in [6, 6.07) is 17.0. The Kier molecular flexibility index (Phi) is 6.57. The normalized spacial score (nSPS) is 15.4. The SMILES string of the molecule is CC(C)C(=O)N1CCN(C(=O)NC(c2ccccc2)c2ccc(Cl)cc2)CC1. The van der Waals surface area contributed by atoms with E-state index in [-0.39, 0.29) is 23.9 Å². The van der Waals surface area contributed by atoms with Crippen molar-refractivity contribution in [3.05, 3.63) is 70.7 Å². The number of rotatable bonds is 4. The molecular formula is C22H26ClN3O2. The highest BCUT2D eigenvalue weighted by molar-refractivity contribution is 6.30. The van der Waals surface area contributed by atoms with Gasteiger partial charge in [0.2, 0.25) is 5.91 Å². The van der Waals surface area contributed by atoms with Crippen molar-refractivity contribution >= 4 is 23.5 Å². The van der Waals surface area contributed by atoms with E-state index in [0.717, 1.165) is 11.1 Å². The van der Waals surface area contributed by atoms with E-state index in [2.05, 4.69) is 5.32 Å². The van der Waals surface area contributed by atoms with Crippen LogP contribution in [0, 0.1) is 5.92 Å². The third kappa shape index (κ3) is 4.84. The van der Waals surface area contributed by atoms with Crippen molar-refractivity contribution in [3.63, 3.8) is 0 Å². The van der Waals surface area contributed by atoms with Crippen LogP contribution in [0.2, 0.25) is 5.02 Å². The van der Waals surface area contributed by atoms with Crippen molar-refractivity contribution < 1.29 is 9.59 Å². The molecule has 3 amide bonds. The topological polar surface area (TPSA) is 52.7 Å². The first-order valence-electron chi connectivity index (χ1n) is 9.60. The standard InChI is InChI=1S/C22H26ClN3O2/c1-16(2)21(27)25-12-14-26(15-13-25)22(28)24-20(17-6-4-3-5-7-17)18-8-10-19(23)11-9-18/h3-11,16,20H,12-15H2,1-2H3,(H,24,28). The molecule has 2 aromatic carbocycles. The van der Waals surface area contributed by atoms with Crippen molar-refractivity contribution in [2.75, 3.05) is 26.2 Å². The molecule has 0 aliphatic carbocycles. The fourth-order valence-corrected chi connectivity index (χ4v) is 3.50. The van der Waals surface area contributed by atoms with E-state index in [1.165, 1.54) is 0 Å². The zero-order chi connectivity index (χ0) is 20.1. The summed E-state index contributed by atoms with van der Waals surface area (Å²) < 4.78 is 0. The van der Waals surface area contributed by atoms with Crippen molar-refractivity contribution in [1.82, 2.24) is 15.1 Å². The summed E-state index contributed by atoms with van der Waals surface area (Å²) in [5.41, 5.74) is 1.98. The number of carbonyl (C=O) groups excluding carboxylic acids is 2. The Bertz CT molecular complexity index is 800. The van der Waals surface area contributed by atoms with Gasteiger partial charge < -0.3 is 15.1 Å². The van der Waals surface area contributed by atoms with Gasteiger partial charge in [0.05, 0.1) is 6.04 Å². The summed E-state index contributed by atoms with van der Waals surface area (Å²) in [4.78, 5) is 28.7. The largest absolute Gasteiger partial charge is 0.339 e. The molecule has 1 saturated heterocycles. The van der Waals surface area contributed by atoms with Crippen LogP contribution in [0.1, 0.15) is 31.0 Å². The third-order valence-electron chi connectivity index (χ3n) is 4.98. The highest BCUT2D eigenvalue weighted by Gasteiger charge is 2.27. The van der Waals surface area contributed by atoms with Crippen LogP contribution >= 0.6 is 11.6 Å². The lowest BCUT2D eigenvalue weighted by atomic mass is 9.99. The van der Waals surface area contributed by atoms with Crippen molar-refractivity contribution in [2.24, 2.45) is 5.92 Å². The van der Waals surface area contributed by atoms with Gasteiger partial charge in [0.15, 0.2) is 0 Å². The first-order valence-corrected chi connectivity index (χ1v) is 9.98. The maximum absolute atomic E-state index is 12.9. The quantitative estimate of drug-likeness (QED) is 0.846. The van der Waals surface area contributed by atoms with Crippen LogP contribution < -0.4 is 5.32 Å². The number of hydrogen-bond donors (Lipinski definition) is 1. The van der Waals surface area contributed by atoms with Crippen LogP contribution in [0.4, 0.5) is 4.79 Å². The monoisotopic (exact) mass is 399 g/mol. The molecule has 0 aromatic heterocycles. The van der Waals surface area contributed by atoms with Crippen LogP contribution in [-0.4, -0.2) is 47.9 Å². The minimum Gasteiger partial charge on any atom is -0.339 e. The van der Waals surface area contributed by atoms with E-state index in [1.54, 1.807) is 4.90 Å². The van der Waals surface area contributed by atoms with Gasteiger partial charge in [-0.2, -0.15) is 0 Å². The number of hydrogen-bond acceptors (Lipinski definition) is 2. The van der Waals surface area contributed by atoms with Crippen LogP contribution in [0.15, 0.2) is 54.6 Å². The fraction of sp³-hybridized carbons (Fsp3) is 0.364. The number of nitrogens with one attached hydrogen (secondary N) is 1. The van der Waals surface area contributed by atoms with Gasteiger partial charge in [-0.25, -0.2) is 4.79 Å². The fourth-order valence-electron chi connectivity index (χ4n) is 3.37. The van der Waals surface area contributed by atoms with E-state index in [1.807, 2.05) is 73.3 Å². The minimum atomic E-state index is -0.263. The highest BCUT2D eigenvalue weighted by Crippen LogP contribution is 2.24. The van der Waals surface area contributed by atoms with Crippen LogP contribution in [-0.2, 0) is 4.79 Å². The van der Waals surface area contributed by atoms with Gasteiger partial charge in [0.1, 0.15) is 0 Å². The molecule has 0 saturated carbocycles. The molecule has 6 heteroatoms. The Labute approximate surface area is 171 Å². The van der Waals surface area contributed by atoms with Crippen LogP contribution in [0.5, 0.6) is 0 Å². The maximum Gasteiger partial charge on any atom is 0.318 e. The molecule has 1 atom stereocenters. The Morgan fingerprint density at radius 3 is 1.96 bits per heavy atom. The average molecular weight is 400 g/mol. The second kappa shape index (κ2) is 9.11. The Morgan fingerprint density at radius 2 is 1.39 bits per heavy atom. The maximum atomic E-state index is 12.9. The molecule has 0 spiro atoms. The van der Waals surface area contributed by atoms with E-state index in [0.29, 0.717) is 31.2 Å². The molecule has 2 aromatic rings. The lowest BCUT2D eigenvalue weighted by Gasteiger charge is -2.36. The summed E-state index contributed by atoms with van der Waals surface area (Å²) in [5.74, 6) is 0.121. The Hall–Kier alpha value is -2.53. The molecule has 148 valence electrons. The van der Waals surface area contributed by atoms with Gasteiger partial charge in [0.25, 0.3) is 0 Å². The number of nitrogens with zero attached hydrogens (tertiary/aromatic N) is 2. The molecule has 1 heterocycles. The molecule has 1 aliphatic rings. The Morgan fingerprint density at radius 1 is 0.857 bits per heavy atom. The second-order valence-corrected chi connectivity index (χ2v) is 7.75. The summed E-state index contributed by atoms with van der Waals surface area (Å²) in [7, 11) is 0. The van der Waals surface area contributed by atoms with E-state index in [9.17, 15) is 9.59 Å². The summed E-state index contributed by atoms with van der Waals surface area (Å²) >= 11 is 6.02. The second-order valence-electron chi connectivity index (χ2n) is 7.31. The molecular weight excluding hydrogens is 374 g/mol. The van der Waals surface area contributed by atoms with Crippen molar-refractivity contribution in [3.8, 4) is 0 Å². The predicted octanol–water partition coefficient (Wildman–Crippen LogP) is 3.94. The molecule has 1 unspecified atom stereocenters. The zero-order valence-corrected chi connectivity index (χ0v) is 17.0. The number of halogens is 1. The van der Waals surface area contributed by atoms with Crippen LogP contribution in [0.25, 0.3) is 0 Å². The number of benzene rings is 2. The molecule has 3 rings (SSSR count). The molecule has 0 radical (unpaired) electrons. The molecule has 5 nitrogen and oxygen atoms in total. The highest BCUT2D eigenvalue weighted by atomic mass is 35.5. The molecule has 28 heavy (non-hydrogen) atoms. The van der Waals surface area contributed by atoms with Gasteiger partial charge in [-0.05, 0) is 23.3 Å². The number of urea groups is 1. The predicted molar refractivity (Wildman–Crippen MR) is 111 cm³/mol. The summed E-state index contributed by atoms with van der Waals surface area (Å²) in [5, 5.41) is 3.81. The number of amides is 3. The van der Waals surface area contributed by atoms with Gasteiger partial charge in [0, 0.05) is 37.1 Å². The van der Waals surface area contributed by atoms with Gasteiger partial charge in [-0.15, -0.1) is 0 Å². The average Bonchev–Trinajstić information content (AvgIpc) is 2.72. The number of carbonyl (C=O) groups is 2. The third-order valence-corrected chi connectivity index (χ3v) is 5.23. The van der Waals surface area contributed by atoms with Gasteiger partial charge in [-0.1, -0.05) is 67.9 Å². The molecule has 0 bridgehead atoms. The van der Waals surface area contributed by atoms with E-state index < -0.39 is 0 Å². The summed E-state index contributed by atoms with van der Waals surface area (Å²) in [6.45, 7) is 6.01. The van der Waals surface area contributed by atoms with E-state index >= 15 is 0 Å². The van der Waals surface area contributed by atoms with Crippen molar-refractivity contribution in [1.29, 1.82) is 0 Å². The first-order chi connectivity index (χ1) is 13.5. The minimum absolute atomic E-state index is 0.0206. The first kappa shape index (κ1) is 20.2. The number of piperazine rings is 1. The zero-order valence-electron chi connectivity index (χ0n) is 16.3. The van der Waals surface area contributed by atoms with Crippen LogP contribution in [0.3, 0.4) is 0 Å². The van der Waals surface area contributed by atoms with Gasteiger partial charge in [-0.3, -0.25) is 4.79 Å². The lowest BCUT2D eigenvalue weighted by molar-refractivity contribution is -0.135. The summed E-state index contributed by atoms with van der Waals surface area (Å²) in [6.07, 6.45) is 0.